The maximum atomic E-state index is 11.9. The normalized spacial score (nSPS) is 24.9. The zero-order valence-corrected chi connectivity index (χ0v) is 11.6. The monoisotopic (exact) mass is 290 g/mol. The number of fused-ring (bicyclic) bond motifs is 1. The van der Waals surface area contributed by atoms with Gasteiger partial charge in [-0.15, -0.1) is 11.8 Å². The number of carbonyl (C=O) groups is 3. The van der Waals surface area contributed by atoms with E-state index in [0.29, 0.717) is 5.75 Å². The van der Waals surface area contributed by atoms with Gasteiger partial charge in [-0.1, -0.05) is 30.3 Å². The summed E-state index contributed by atoms with van der Waals surface area (Å²) in [5, 5.41) is 2.68. The number of carbonyl (C=O) groups excluding carboxylic acids is 3. The summed E-state index contributed by atoms with van der Waals surface area (Å²) >= 11 is 1.42. The fourth-order valence-electron chi connectivity index (χ4n) is 2.43. The lowest BCUT2D eigenvalue weighted by Crippen LogP contribution is -2.71. The third kappa shape index (κ3) is 2.43. The summed E-state index contributed by atoms with van der Waals surface area (Å²) in [7, 11) is 0. The van der Waals surface area contributed by atoms with Crippen molar-refractivity contribution in [3.63, 3.8) is 0 Å². The van der Waals surface area contributed by atoms with Gasteiger partial charge in [0.05, 0.1) is 18.7 Å². The largest absolute Gasteiger partial charge is 0.341 e. The summed E-state index contributed by atoms with van der Waals surface area (Å²) < 4.78 is 0. The number of amides is 2. The summed E-state index contributed by atoms with van der Waals surface area (Å²) in [4.78, 5) is 36.6. The van der Waals surface area contributed by atoms with Gasteiger partial charge < -0.3 is 10.2 Å². The van der Waals surface area contributed by atoms with Crippen LogP contribution in [0.2, 0.25) is 0 Å². The molecule has 2 aliphatic heterocycles. The van der Waals surface area contributed by atoms with E-state index >= 15 is 0 Å². The first-order valence-corrected chi connectivity index (χ1v) is 7.47. The van der Waals surface area contributed by atoms with Gasteiger partial charge in [0.2, 0.25) is 11.8 Å². The highest BCUT2D eigenvalue weighted by Gasteiger charge is 2.51. The van der Waals surface area contributed by atoms with Crippen LogP contribution in [0.4, 0.5) is 0 Å². The Balaban J connectivity index is 1.57. The Hall–Kier alpha value is -1.82. The summed E-state index contributed by atoms with van der Waals surface area (Å²) in [5.74, 6) is 0.164. The molecule has 0 bridgehead atoms. The van der Waals surface area contributed by atoms with Gasteiger partial charge in [0.25, 0.3) is 0 Å². The fourth-order valence-corrected chi connectivity index (χ4v) is 3.61. The molecule has 20 heavy (non-hydrogen) atoms. The lowest BCUT2D eigenvalue weighted by Gasteiger charge is -2.48. The van der Waals surface area contributed by atoms with E-state index in [2.05, 4.69) is 5.32 Å². The standard InChI is InChI=1S/C14H14N2O3S/c17-10-7-16-13(19)12(14(16)20-8-10)15-11(18)6-9-4-2-1-3-5-9/h1-5,12,14H,6-8H2,(H,15,18)/t12-,14-/m1/s1. The minimum atomic E-state index is -0.482. The molecule has 0 aliphatic carbocycles. The number of Topliss-reactive ketones (excluding diaryl/α,β-unsaturated/α-hetero) is 1. The van der Waals surface area contributed by atoms with Gasteiger partial charge >= 0.3 is 0 Å². The molecule has 0 saturated carbocycles. The van der Waals surface area contributed by atoms with Crippen molar-refractivity contribution in [2.45, 2.75) is 17.8 Å². The Morgan fingerprint density at radius 2 is 2.05 bits per heavy atom. The minimum Gasteiger partial charge on any atom is -0.341 e. The minimum absolute atomic E-state index is 0.0636. The number of hydrogen-bond acceptors (Lipinski definition) is 4. The van der Waals surface area contributed by atoms with Crippen molar-refractivity contribution in [1.82, 2.24) is 10.2 Å². The quantitative estimate of drug-likeness (QED) is 0.808. The molecule has 2 fully saturated rings. The molecule has 1 N–H and O–H groups in total. The van der Waals surface area contributed by atoms with E-state index in [1.54, 1.807) is 0 Å². The molecule has 1 aromatic carbocycles. The first-order chi connectivity index (χ1) is 9.65. The summed E-state index contributed by atoms with van der Waals surface area (Å²) in [6.45, 7) is 0.182. The second kappa shape index (κ2) is 5.28. The average molecular weight is 290 g/mol. The molecular formula is C14H14N2O3S. The molecule has 5 nitrogen and oxygen atoms in total. The van der Waals surface area contributed by atoms with Crippen LogP contribution in [-0.2, 0) is 20.8 Å². The predicted octanol–water partition coefficient (Wildman–Crippen LogP) is 0.198. The predicted molar refractivity (Wildman–Crippen MR) is 75.0 cm³/mol. The molecule has 0 unspecified atom stereocenters. The van der Waals surface area contributed by atoms with Gasteiger partial charge in [-0.05, 0) is 5.56 Å². The van der Waals surface area contributed by atoms with Crippen molar-refractivity contribution < 1.29 is 14.4 Å². The number of benzene rings is 1. The smallest absolute Gasteiger partial charge is 0.249 e. The highest BCUT2D eigenvalue weighted by Crippen LogP contribution is 2.33. The molecular weight excluding hydrogens is 276 g/mol. The Bertz CT molecular complexity index is 561. The lowest BCUT2D eigenvalue weighted by molar-refractivity contribution is -0.151. The molecule has 2 heterocycles. The number of thioether (sulfide) groups is 1. The van der Waals surface area contributed by atoms with Gasteiger partial charge in [0.15, 0.2) is 5.78 Å². The molecule has 0 spiro atoms. The van der Waals surface area contributed by atoms with Crippen molar-refractivity contribution in [3.05, 3.63) is 35.9 Å². The van der Waals surface area contributed by atoms with Crippen molar-refractivity contribution in [3.8, 4) is 0 Å². The maximum Gasteiger partial charge on any atom is 0.249 e. The zero-order chi connectivity index (χ0) is 14.1. The van der Waals surface area contributed by atoms with E-state index in [9.17, 15) is 14.4 Å². The Morgan fingerprint density at radius 3 is 2.80 bits per heavy atom. The number of β-lactam (4-membered cyclic amide) rings is 1. The van der Waals surface area contributed by atoms with Crippen LogP contribution in [0, 0.1) is 0 Å². The number of nitrogens with one attached hydrogen (secondary N) is 1. The first-order valence-electron chi connectivity index (χ1n) is 6.42. The Labute approximate surface area is 120 Å². The topological polar surface area (TPSA) is 66.5 Å². The summed E-state index contributed by atoms with van der Waals surface area (Å²) in [6, 6.07) is 8.92. The number of rotatable bonds is 3. The first kappa shape index (κ1) is 13.2. The molecule has 0 radical (unpaired) electrons. The van der Waals surface area contributed by atoms with Crippen molar-refractivity contribution in [1.29, 1.82) is 0 Å². The third-order valence-electron chi connectivity index (χ3n) is 3.43. The molecule has 2 atom stereocenters. The fraction of sp³-hybridized carbons (Fsp3) is 0.357. The van der Waals surface area contributed by atoms with Gasteiger partial charge in [0, 0.05) is 0 Å². The van der Waals surface area contributed by atoms with Crippen LogP contribution >= 0.6 is 11.8 Å². The number of nitrogens with zero attached hydrogens (tertiary/aromatic N) is 1. The summed E-state index contributed by atoms with van der Waals surface area (Å²) in [5.41, 5.74) is 0.917. The SMILES string of the molecule is O=C1CS[C@@H]2[C@H](NC(=O)Cc3ccccc3)C(=O)N2C1. The van der Waals surface area contributed by atoms with E-state index in [1.165, 1.54) is 16.7 Å². The lowest BCUT2D eigenvalue weighted by atomic mass is 10.1. The van der Waals surface area contributed by atoms with Crippen LogP contribution in [0.25, 0.3) is 0 Å². The van der Waals surface area contributed by atoms with Crippen LogP contribution in [0.15, 0.2) is 30.3 Å². The number of hydrogen-bond donors (Lipinski definition) is 1. The third-order valence-corrected chi connectivity index (χ3v) is 4.78. The summed E-state index contributed by atoms with van der Waals surface area (Å²) in [6.07, 6.45) is 0.265. The van der Waals surface area contributed by atoms with Gasteiger partial charge in [-0.25, -0.2) is 0 Å². The average Bonchev–Trinajstić information content (AvgIpc) is 2.46. The van der Waals surface area contributed by atoms with E-state index in [1.807, 2.05) is 30.3 Å². The van der Waals surface area contributed by atoms with Gasteiger partial charge in [-0.2, -0.15) is 0 Å². The second-order valence-corrected chi connectivity index (χ2v) is 6.02. The highest BCUT2D eigenvalue weighted by molar-refractivity contribution is 8.00. The van der Waals surface area contributed by atoms with E-state index < -0.39 is 6.04 Å². The Kier molecular flexibility index (Phi) is 3.48. The van der Waals surface area contributed by atoms with Crippen molar-refractivity contribution >= 4 is 29.4 Å². The highest BCUT2D eigenvalue weighted by atomic mass is 32.2. The molecule has 0 aromatic heterocycles. The second-order valence-electron chi connectivity index (χ2n) is 4.91. The van der Waals surface area contributed by atoms with E-state index in [0.717, 1.165) is 5.56 Å². The van der Waals surface area contributed by atoms with Gasteiger partial charge in [-0.3, -0.25) is 14.4 Å². The van der Waals surface area contributed by atoms with Crippen LogP contribution in [0.1, 0.15) is 5.56 Å². The van der Waals surface area contributed by atoms with Crippen LogP contribution in [0.3, 0.4) is 0 Å². The molecule has 2 saturated heterocycles. The van der Waals surface area contributed by atoms with E-state index in [4.69, 9.17) is 0 Å². The zero-order valence-electron chi connectivity index (χ0n) is 10.7. The maximum absolute atomic E-state index is 11.9. The van der Waals surface area contributed by atoms with Crippen molar-refractivity contribution in [2.75, 3.05) is 12.3 Å². The van der Waals surface area contributed by atoms with Gasteiger partial charge in [0.1, 0.15) is 11.4 Å². The molecule has 2 aliphatic rings. The Morgan fingerprint density at radius 1 is 1.30 bits per heavy atom. The molecule has 2 amide bonds. The molecule has 1 aromatic rings. The molecule has 3 rings (SSSR count). The van der Waals surface area contributed by atoms with Crippen LogP contribution in [-0.4, -0.2) is 46.2 Å². The van der Waals surface area contributed by atoms with Crippen LogP contribution < -0.4 is 5.32 Å². The van der Waals surface area contributed by atoms with Crippen LogP contribution in [0.5, 0.6) is 0 Å². The van der Waals surface area contributed by atoms with E-state index in [-0.39, 0.29) is 35.9 Å². The molecule has 6 heteroatoms. The number of ketones is 1. The van der Waals surface area contributed by atoms with Crippen molar-refractivity contribution in [2.24, 2.45) is 0 Å². The molecule has 104 valence electrons.